The Morgan fingerprint density at radius 1 is 1.21 bits per heavy atom. The lowest BCUT2D eigenvalue weighted by Crippen LogP contribution is -2.55. The maximum absolute atomic E-state index is 12.7. The van der Waals surface area contributed by atoms with Crippen molar-refractivity contribution in [3.8, 4) is 11.5 Å². The number of epoxide rings is 2. The quantitative estimate of drug-likeness (QED) is 0.311. The molecule has 1 aromatic carbocycles. The zero-order valence-electron chi connectivity index (χ0n) is 21.0. The third-order valence-electron chi connectivity index (χ3n) is 7.34. The van der Waals surface area contributed by atoms with Crippen molar-refractivity contribution in [3.05, 3.63) is 29.8 Å². The first-order valence-electron chi connectivity index (χ1n) is 11.9. The molecule has 2 aliphatic heterocycles. The fourth-order valence-corrected chi connectivity index (χ4v) is 5.40. The minimum atomic E-state index is -0.355. The van der Waals surface area contributed by atoms with Crippen LogP contribution in [-0.2, 0) is 23.7 Å². The number of allylic oxidation sites excluding steroid dienone is 1. The van der Waals surface area contributed by atoms with E-state index >= 15 is 0 Å². The number of hydrogen-bond acceptors (Lipinski definition) is 8. The number of hydrogen-bond donors (Lipinski definition) is 1. The van der Waals surface area contributed by atoms with Gasteiger partial charge in [-0.25, -0.2) is 0 Å². The van der Waals surface area contributed by atoms with Crippen molar-refractivity contribution in [3.63, 3.8) is 0 Å². The molecule has 1 spiro atoms. The van der Waals surface area contributed by atoms with Crippen LogP contribution in [-0.4, -0.2) is 70.0 Å². The van der Waals surface area contributed by atoms with Crippen molar-refractivity contribution in [1.82, 2.24) is 0 Å². The molecule has 0 radical (unpaired) electrons. The largest absolute Gasteiger partial charge is 0.493 e. The Labute approximate surface area is 201 Å². The zero-order chi connectivity index (χ0) is 24.5. The van der Waals surface area contributed by atoms with Crippen LogP contribution < -0.4 is 14.8 Å². The second kappa shape index (κ2) is 9.76. The summed E-state index contributed by atoms with van der Waals surface area (Å²) in [6, 6.07) is 5.40. The summed E-state index contributed by atoms with van der Waals surface area (Å²) in [4.78, 5) is 12.7. The number of esters is 1. The Hall–Kier alpha value is -2.29. The lowest BCUT2D eigenvalue weighted by Gasteiger charge is -2.42. The molecule has 1 aliphatic carbocycles. The fraction of sp³-hybridized carbons (Fsp3) is 0.654. The second-order valence-corrected chi connectivity index (χ2v) is 9.83. The summed E-state index contributed by atoms with van der Waals surface area (Å²) < 4.78 is 34.6. The predicted octanol–water partition coefficient (Wildman–Crippen LogP) is 3.74. The predicted molar refractivity (Wildman–Crippen MR) is 127 cm³/mol. The fourth-order valence-electron chi connectivity index (χ4n) is 5.40. The third-order valence-corrected chi connectivity index (χ3v) is 7.34. The molecule has 2 saturated heterocycles. The summed E-state index contributed by atoms with van der Waals surface area (Å²) in [7, 11) is 4.84. The van der Waals surface area contributed by atoms with Gasteiger partial charge in [0, 0.05) is 18.9 Å². The van der Waals surface area contributed by atoms with E-state index in [0.29, 0.717) is 24.5 Å². The highest BCUT2D eigenvalue weighted by molar-refractivity contribution is 5.75. The molecule has 1 aromatic rings. The molecule has 34 heavy (non-hydrogen) atoms. The minimum absolute atomic E-state index is 0.00548. The minimum Gasteiger partial charge on any atom is -0.493 e. The molecule has 188 valence electrons. The van der Waals surface area contributed by atoms with Crippen LogP contribution in [0.4, 0.5) is 5.69 Å². The summed E-state index contributed by atoms with van der Waals surface area (Å²) >= 11 is 0. The normalized spacial score (nSPS) is 33.7. The Morgan fingerprint density at radius 3 is 2.56 bits per heavy atom. The molecule has 1 unspecified atom stereocenters. The molecule has 0 aromatic heterocycles. The SMILES string of the molecule is COc1ccc(NCC(=O)O[C@@H]2CC[C@]3(CO3)[C@@H]([C@@]3(C)OC3CC=C(C)C)[C@@H]2OC)cc1OC. The van der Waals surface area contributed by atoms with Gasteiger partial charge in [0.1, 0.15) is 30.0 Å². The highest BCUT2D eigenvalue weighted by Crippen LogP contribution is 2.59. The summed E-state index contributed by atoms with van der Waals surface area (Å²) in [6.45, 7) is 7.06. The number of carbonyl (C=O) groups excluding carboxylic acids is 1. The molecule has 1 saturated carbocycles. The molecule has 0 bridgehead atoms. The van der Waals surface area contributed by atoms with Gasteiger partial charge < -0.3 is 33.7 Å². The van der Waals surface area contributed by atoms with Crippen LogP contribution in [0.25, 0.3) is 0 Å². The lowest BCUT2D eigenvalue weighted by molar-refractivity contribution is -0.170. The third kappa shape index (κ3) is 4.90. The maximum Gasteiger partial charge on any atom is 0.325 e. The van der Waals surface area contributed by atoms with Crippen molar-refractivity contribution in [2.45, 2.75) is 69.5 Å². The van der Waals surface area contributed by atoms with Crippen LogP contribution in [0, 0.1) is 5.92 Å². The average molecular weight is 476 g/mol. The van der Waals surface area contributed by atoms with Gasteiger partial charge >= 0.3 is 5.97 Å². The summed E-state index contributed by atoms with van der Waals surface area (Å²) in [5.74, 6) is 0.884. The Morgan fingerprint density at radius 2 is 1.94 bits per heavy atom. The van der Waals surface area contributed by atoms with Gasteiger partial charge in [-0.05, 0) is 52.2 Å². The molecular weight excluding hydrogens is 438 g/mol. The number of benzene rings is 1. The van der Waals surface area contributed by atoms with E-state index in [9.17, 15) is 4.79 Å². The molecule has 4 rings (SSSR count). The molecule has 0 amide bonds. The molecular formula is C26H37NO7. The Balaban J connectivity index is 1.39. The number of methoxy groups -OCH3 is 3. The standard InChI is InChI=1S/C26H37NO7/c1-16(2)7-10-21-25(3,34-21)24-23(31-6)19(11-12-26(24)15-32-26)33-22(28)14-27-17-8-9-18(29-4)20(13-17)30-5/h7-9,13,19,21,23-24,27H,10-12,14-15H2,1-6H3/t19-,21?,23-,24-,25+,26+/m1/s1. The van der Waals surface area contributed by atoms with Crippen molar-refractivity contribution < 1.29 is 33.2 Å². The maximum atomic E-state index is 12.7. The molecule has 3 fully saturated rings. The molecule has 2 heterocycles. The van der Waals surface area contributed by atoms with Gasteiger partial charge in [-0.2, -0.15) is 0 Å². The molecule has 8 nitrogen and oxygen atoms in total. The van der Waals surface area contributed by atoms with Crippen molar-refractivity contribution >= 4 is 11.7 Å². The number of anilines is 1. The first-order valence-corrected chi connectivity index (χ1v) is 11.9. The summed E-state index contributed by atoms with van der Waals surface area (Å²) in [5.41, 5.74) is 1.42. The van der Waals surface area contributed by atoms with Gasteiger partial charge in [0.15, 0.2) is 11.5 Å². The first-order chi connectivity index (χ1) is 16.3. The smallest absolute Gasteiger partial charge is 0.325 e. The second-order valence-electron chi connectivity index (χ2n) is 9.83. The zero-order valence-corrected chi connectivity index (χ0v) is 21.0. The van der Waals surface area contributed by atoms with E-state index in [4.69, 9.17) is 28.4 Å². The Bertz CT molecular complexity index is 924. The number of rotatable bonds is 10. The van der Waals surface area contributed by atoms with E-state index < -0.39 is 0 Å². The highest BCUT2D eigenvalue weighted by Gasteiger charge is 2.72. The Kier molecular flexibility index (Phi) is 7.12. The molecule has 6 atom stereocenters. The molecule has 1 N–H and O–H groups in total. The van der Waals surface area contributed by atoms with E-state index in [-0.39, 0.29) is 47.9 Å². The van der Waals surface area contributed by atoms with E-state index in [1.165, 1.54) is 5.57 Å². The van der Waals surface area contributed by atoms with Crippen molar-refractivity contribution in [2.75, 3.05) is 39.8 Å². The summed E-state index contributed by atoms with van der Waals surface area (Å²) in [6.07, 6.45) is 4.07. The number of carbonyl (C=O) groups is 1. The van der Waals surface area contributed by atoms with Crippen LogP contribution >= 0.6 is 0 Å². The van der Waals surface area contributed by atoms with Gasteiger partial charge in [-0.15, -0.1) is 0 Å². The van der Waals surface area contributed by atoms with Crippen molar-refractivity contribution in [1.29, 1.82) is 0 Å². The van der Waals surface area contributed by atoms with Crippen molar-refractivity contribution in [2.24, 2.45) is 5.92 Å². The number of ether oxygens (including phenoxy) is 6. The van der Waals surface area contributed by atoms with Crippen LogP contribution in [0.1, 0.15) is 40.0 Å². The van der Waals surface area contributed by atoms with E-state index in [0.717, 1.165) is 18.5 Å². The van der Waals surface area contributed by atoms with Gasteiger partial charge in [0.05, 0.1) is 32.8 Å². The van der Waals surface area contributed by atoms with Gasteiger partial charge in [-0.3, -0.25) is 4.79 Å². The lowest BCUT2D eigenvalue weighted by atomic mass is 9.68. The monoisotopic (exact) mass is 475 g/mol. The highest BCUT2D eigenvalue weighted by atomic mass is 16.6. The topological polar surface area (TPSA) is 91.1 Å². The van der Waals surface area contributed by atoms with E-state index in [1.807, 2.05) is 6.07 Å². The average Bonchev–Trinajstić information content (AvgIpc) is 3.74. The van der Waals surface area contributed by atoms with Gasteiger partial charge in [0.2, 0.25) is 0 Å². The van der Waals surface area contributed by atoms with Crippen LogP contribution in [0.5, 0.6) is 11.5 Å². The molecule has 3 aliphatic rings. The van der Waals surface area contributed by atoms with E-state index in [2.05, 4.69) is 32.2 Å². The summed E-state index contributed by atoms with van der Waals surface area (Å²) in [5, 5.41) is 3.10. The van der Waals surface area contributed by atoms with Gasteiger partial charge in [0.25, 0.3) is 0 Å². The van der Waals surface area contributed by atoms with Crippen LogP contribution in [0.2, 0.25) is 0 Å². The van der Waals surface area contributed by atoms with Crippen LogP contribution in [0.3, 0.4) is 0 Å². The van der Waals surface area contributed by atoms with E-state index in [1.54, 1.807) is 33.5 Å². The van der Waals surface area contributed by atoms with Gasteiger partial charge in [-0.1, -0.05) is 11.6 Å². The first kappa shape index (κ1) is 24.8. The van der Waals surface area contributed by atoms with Crippen LogP contribution in [0.15, 0.2) is 29.8 Å². The molecule has 8 heteroatoms. The number of nitrogens with one attached hydrogen (secondary N) is 1.